The molecule has 4 N–H and O–H groups in total. The van der Waals surface area contributed by atoms with E-state index in [1.807, 2.05) is 7.05 Å². The van der Waals surface area contributed by atoms with E-state index in [9.17, 15) is 26.3 Å². The molecule has 0 spiro atoms. The zero-order valence-corrected chi connectivity index (χ0v) is 20.8. The van der Waals surface area contributed by atoms with Crippen LogP contribution in [0.4, 0.5) is 32.2 Å². The van der Waals surface area contributed by atoms with Gasteiger partial charge in [0.15, 0.2) is 16.7 Å². The zero-order valence-electron chi connectivity index (χ0n) is 19.3. The third-order valence-corrected chi connectivity index (χ3v) is 5.46. The second-order valence-electron chi connectivity index (χ2n) is 7.69. The van der Waals surface area contributed by atoms with Gasteiger partial charge in [-0.25, -0.2) is 14.6 Å². The molecule has 1 aromatic heterocycles. The van der Waals surface area contributed by atoms with Gasteiger partial charge in [-0.3, -0.25) is 0 Å². The van der Waals surface area contributed by atoms with E-state index < -0.39 is 24.3 Å². The third kappa shape index (κ3) is 11.7. The monoisotopic (exact) mass is 587 g/mol. The average Bonchev–Trinajstić information content (AvgIpc) is 3.46. The third-order valence-electron chi connectivity index (χ3n) is 5.04. The molecule has 2 fully saturated rings. The molecule has 0 bridgehead atoms. The molecule has 2 atom stereocenters. The first-order valence-corrected chi connectivity index (χ1v) is 11.4. The molecule has 0 aliphatic carbocycles. The van der Waals surface area contributed by atoms with Crippen LogP contribution in [0, 0.1) is 0 Å². The van der Waals surface area contributed by atoms with E-state index in [-0.39, 0.29) is 10.4 Å². The fourth-order valence-corrected chi connectivity index (χ4v) is 3.65. The summed E-state index contributed by atoms with van der Waals surface area (Å²) in [7, 11) is 1.97. The van der Waals surface area contributed by atoms with Crippen molar-refractivity contribution in [3.8, 4) is 5.75 Å². The molecule has 0 saturated carbocycles. The summed E-state index contributed by atoms with van der Waals surface area (Å²) in [5, 5.41) is 21.4. The summed E-state index contributed by atoms with van der Waals surface area (Å²) in [5.74, 6) is -4.27. The second kappa shape index (κ2) is 14.6. The van der Waals surface area contributed by atoms with Gasteiger partial charge in [-0.05, 0) is 50.9 Å². The lowest BCUT2D eigenvalue weighted by atomic mass is 10.2. The standard InChI is InChI=1S/C15H23Cl2N5O.2C2HF3O2/c1-18-11-4-7-22(9-11)14-12(13(16)20-15(17)21-14)23-8-5-10-3-2-6-19-10;2*3-2(4,5)1(6)7/h10-11,18-19H,2-9H2,1H3;2*(H,6,7)/t10-,11+;;/m0../s1. The second-order valence-corrected chi connectivity index (χ2v) is 8.39. The Balaban J connectivity index is 0.000000404. The first-order valence-electron chi connectivity index (χ1n) is 10.7. The van der Waals surface area contributed by atoms with Crippen molar-refractivity contribution < 1.29 is 50.9 Å². The van der Waals surface area contributed by atoms with Crippen molar-refractivity contribution in [1.29, 1.82) is 0 Å². The number of aliphatic carboxylic acids is 2. The van der Waals surface area contributed by atoms with Crippen molar-refractivity contribution >= 4 is 41.0 Å². The number of alkyl halides is 6. The number of hydrogen-bond acceptors (Lipinski definition) is 8. The number of nitrogens with one attached hydrogen (secondary N) is 2. The number of halogens is 8. The Morgan fingerprint density at radius 2 is 1.68 bits per heavy atom. The number of ether oxygens (including phenoxy) is 1. The van der Waals surface area contributed by atoms with Crippen molar-refractivity contribution in [2.45, 2.75) is 50.1 Å². The molecule has 37 heavy (non-hydrogen) atoms. The minimum atomic E-state index is -5.08. The maximum absolute atomic E-state index is 10.6. The largest absolute Gasteiger partial charge is 0.490 e. The Morgan fingerprint density at radius 1 is 1.11 bits per heavy atom. The summed E-state index contributed by atoms with van der Waals surface area (Å²) in [4.78, 5) is 28.3. The van der Waals surface area contributed by atoms with Crippen LogP contribution in [-0.4, -0.2) is 89.8 Å². The fourth-order valence-electron chi connectivity index (χ4n) is 3.22. The maximum Gasteiger partial charge on any atom is 0.490 e. The summed E-state index contributed by atoms with van der Waals surface area (Å²) in [6.45, 7) is 3.45. The highest BCUT2D eigenvalue weighted by Crippen LogP contribution is 2.35. The first-order chi connectivity index (χ1) is 17.1. The number of nitrogens with zero attached hydrogens (tertiary/aromatic N) is 3. The van der Waals surface area contributed by atoms with Gasteiger partial charge in [-0.1, -0.05) is 11.6 Å². The van der Waals surface area contributed by atoms with Gasteiger partial charge >= 0.3 is 24.3 Å². The SMILES string of the molecule is CN[C@@H]1CCN(c2nc(Cl)nc(Cl)c2OCC[C@@H]2CCCN2)C1.O=C(O)C(F)(F)F.O=C(O)C(F)(F)F. The predicted molar refractivity (Wildman–Crippen MR) is 120 cm³/mol. The molecule has 2 aliphatic heterocycles. The van der Waals surface area contributed by atoms with E-state index in [2.05, 4.69) is 25.5 Å². The molecular weight excluding hydrogens is 563 g/mol. The van der Waals surface area contributed by atoms with E-state index in [4.69, 9.17) is 47.7 Å². The molecule has 2 saturated heterocycles. The van der Waals surface area contributed by atoms with Crippen molar-refractivity contribution in [3.63, 3.8) is 0 Å². The molecule has 212 valence electrons. The topological polar surface area (TPSA) is 137 Å². The Hall–Kier alpha value is -2.30. The number of carboxylic acids is 2. The van der Waals surface area contributed by atoms with Gasteiger partial charge in [0.2, 0.25) is 5.28 Å². The summed E-state index contributed by atoms with van der Waals surface area (Å²) in [5.41, 5.74) is 0. The van der Waals surface area contributed by atoms with Gasteiger partial charge in [0, 0.05) is 25.2 Å². The number of rotatable bonds is 6. The summed E-state index contributed by atoms with van der Waals surface area (Å²) in [6.07, 6.45) is -5.71. The Labute approximate surface area is 217 Å². The number of carboxylic acid groups (broad SMARTS) is 2. The smallest absolute Gasteiger partial charge is 0.487 e. The Bertz CT molecular complexity index is 879. The van der Waals surface area contributed by atoms with E-state index in [0.717, 1.165) is 32.5 Å². The van der Waals surface area contributed by atoms with Crippen LogP contribution >= 0.6 is 23.2 Å². The van der Waals surface area contributed by atoms with Crippen molar-refractivity contribution in [3.05, 3.63) is 10.4 Å². The predicted octanol–water partition coefficient (Wildman–Crippen LogP) is 3.37. The number of anilines is 1. The van der Waals surface area contributed by atoms with Gasteiger partial charge in [-0.15, -0.1) is 0 Å². The highest BCUT2D eigenvalue weighted by molar-refractivity contribution is 6.33. The van der Waals surface area contributed by atoms with Crippen molar-refractivity contribution in [2.75, 3.05) is 38.2 Å². The molecule has 0 unspecified atom stereocenters. The molecule has 3 heterocycles. The molecule has 0 amide bonds. The first kappa shape index (κ1) is 32.7. The minimum absolute atomic E-state index is 0.155. The molecule has 2 aliphatic rings. The van der Waals surface area contributed by atoms with Crippen LogP contribution in [0.1, 0.15) is 25.7 Å². The quantitative estimate of drug-likeness (QED) is 0.223. The Kier molecular flexibility index (Phi) is 12.9. The van der Waals surface area contributed by atoms with Crippen LogP contribution in [0.25, 0.3) is 0 Å². The van der Waals surface area contributed by atoms with Crippen LogP contribution in [0.15, 0.2) is 0 Å². The average molecular weight is 588 g/mol. The maximum atomic E-state index is 10.6. The summed E-state index contributed by atoms with van der Waals surface area (Å²) < 4.78 is 69.4. The number of likely N-dealkylation sites (N-methyl/N-ethyl adjacent to an activating group) is 1. The molecule has 10 nitrogen and oxygen atoms in total. The fraction of sp³-hybridized carbons (Fsp3) is 0.684. The van der Waals surface area contributed by atoms with Gasteiger partial charge in [0.05, 0.1) is 6.61 Å². The van der Waals surface area contributed by atoms with Crippen LogP contribution in [-0.2, 0) is 9.59 Å². The van der Waals surface area contributed by atoms with Crippen molar-refractivity contribution in [2.24, 2.45) is 0 Å². The van der Waals surface area contributed by atoms with Gasteiger partial charge in [0.1, 0.15) is 0 Å². The zero-order chi connectivity index (χ0) is 28.4. The lowest BCUT2D eigenvalue weighted by Gasteiger charge is -2.21. The van der Waals surface area contributed by atoms with Crippen molar-refractivity contribution in [1.82, 2.24) is 20.6 Å². The van der Waals surface area contributed by atoms with Gasteiger partial charge in [-0.2, -0.15) is 31.3 Å². The molecule has 1 aromatic rings. The van der Waals surface area contributed by atoms with Gasteiger partial charge < -0.3 is 30.5 Å². The van der Waals surface area contributed by atoms with Crippen LogP contribution in [0.2, 0.25) is 10.4 Å². The highest BCUT2D eigenvalue weighted by Gasteiger charge is 2.39. The van der Waals surface area contributed by atoms with E-state index >= 15 is 0 Å². The van der Waals surface area contributed by atoms with E-state index in [0.29, 0.717) is 30.3 Å². The lowest BCUT2D eigenvalue weighted by Crippen LogP contribution is -2.30. The molecule has 18 heteroatoms. The normalized spacial score (nSPS) is 19.4. The van der Waals surface area contributed by atoms with Crippen LogP contribution < -0.4 is 20.3 Å². The van der Waals surface area contributed by atoms with Gasteiger partial charge in [0.25, 0.3) is 0 Å². The lowest BCUT2D eigenvalue weighted by molar-refractivity contribution is -0.193. The van der Waals surface area contributed by atoms with E-state index in [1.165, 1.54) is 12.8 Å². The van der Waals surface area contributed by atoms with E-state index in [1.54, 1.807) is 0 Å². The number of aromatic nitrogens is 2. The number of carbonyl (C=O) groups is 2. The highest BCUT2D eigenvalue weighted by atomic mass is 35.5. The van der Waals surface area contributed by atoms with Crippen LogP contribution in [0.5, 0.6) is 5.75 Å². The molecular formula is C19H25Cl2F6N5O5. The minimum Gasteiger partial charge on any atom is -0.487 e. The Morgan fingerprint density at radius 3 is 2.11 bits per heavy atom. The summed E-state index contributed by atoms with van der Waals surface area (Å²) in [6, 6.07) is 0.976. The number of hydrogen-bond donors (Lipinski definition) is 4. The molecule has 3 rings (SSSR count). The summed E-state index contributed by atoms with van der Waals surface area (Å²) >= 11 is 12.3. The molecule has 0 aromatic carbocycles. The molecule has 0 radical (unpaired) electrons. The van der Waals surface area contributed by atoms with Crippen LogP contribution in [0.3, 0.4) is 0 Å².